The summed E-state index contributed by atoms with van der Waals surface area (Å²) in [7, 11) is 0. The van der Waals surface area contributed by atoms with Gasteiger partial charge < -0.3 is 15.0 Å². The van der Waals surface area contributed by atoms with E-state index in [0.29, 0.717) is 22.7 Å². The van der Waals surface area contributed by atoms with Gasteiger partial charge in [-0.1, -0.05) is 0 Å². The first-order valence-corrected chi connectivity index (χ1v) is 9.15. The molecule has 0 radical (unpaired) electrons. The van der Waals surface area contributed by atoms with Gasteiger partial charge in [0.1, 0.15) is 11.6 Å². The monoisotopic (exact) mass is 356 g/mol. The lowest BCUT2D eigenvalue weighted by Gasteiger charge is -2.29. The molecule has 2 aromatic rings. The molecule has 1 N–H and O–H groups in total. The molecule has 0 saturated carbocycles. The van der Waals surface area contributed by atoms with Crippen LogP contribution >= 0.6 is 0 Å². The predicted molar refractivity (Wildman–Crippen MR) is 103 cm³/mol. The highest BCUT2D eigenvalue weighted by Gasteiger charge is 2.16. The third-order valence-corrected chi connectivity index (χ3v) is 4.39. The molecule has 5 heteroatoms. The minimum atomic E-state index is -0.301. The fourth-order valence-electron chi connectivity index (χ4n) is 3.14. The van der Waals surface area contributed by atoms with Crippen molar-refractivity contribution in [1.29, 1.82) is 0 Å². The van der Waals surface area contributed by atoms with Gasteiger partial charge >= 0.3 is 0 Å². The predicted octanol–water partition coefficient (Wildman–Crippen LogP) is 4.86. The van der Waals surface area contributed by atoms with Crippen LogP contribution in [0.3, 0.4) is 0 Å². The van der Waals surface area contributed by atoms with E-state index < -0.39 is 0 Å². The Labute approximate surface area is 154 Å². The Morgan fingerprint density at radius 3 is 2.38 bits per heavy atom. The van der Waals surface area contributed by atoms with E-state index in [1.54, 1.807) is 36.4 Å². The van der Waals surface area contributed by atoms with E-state index in [9.17, 15) is 9.18 Å². The second-order valence-corrected chi connectivity index (χ2v) is 6.86. The zero-order valence-electron chi connectivity index (χ0n) is 15.3. The molecule has 138 valence electrons. The SMILES string of the molecule is CC(C)Oc1ccc(C(=O)Nc2ccc(N3CCCCC3)c(F)c2)cc1. The van der Waals surface area contributed by atoms with Crippen molar-refractivity contribution in [2.24, 2.45) is 0 Å². The standard InChI is InChI=1S/C21H25FN2O2/c1-15(2)26-18-9-6-16(7-10-18)21(25)23-17-8-11-20(19(22)14-17)24-12-4-3-5-13-24/h6-11,14-15H,3-5,12-13H2,1-2H3,(H,23,25). The number of piperidine rings is 1. The van der Waals surface area contributed by atoms with Crippen LogP contribution in [0.1, 0.15) is 43.5 Å². The summed E-state index contributed by atoms with van der Waals surface area (Å²) in [4.78, 5) is 14.4. The normalized spacial score (nSPS) is 14.4. The van der Waals surface area contributed by atoms with Crippen molar-refractivity contribution in [2.45, 2.75) is 39.2 Å². The van der Waals surface area contributed by atoms with Crippen molar-refractivity contribution in [3.63, 3.8) is 0 Å². The number of benzene rings is 2. The van der Waals surface area contributed by atoms with Crippen molar-refractivity contribution in [2.75, 3.05) is 23.3 Å². The van der Waals surface area contributed by atoms with Crippen LogP contribution in [0, 0.1) is 5.82 Å². The molecule has 1 amide bonds. The van der Waals surface area contributed by atoms with Gasteiger partial charge in [0.25, 0.3) is 5.91 Å². The van der Waals surface area contributed by atoms with E-state index in [0.717, 1.165) is 25.9 Å². The largest absolute Gasteiger partial charge is 0.491 e. The molecular formula is C21H25FN2O2. The van der Waals surface area contributed by atoms with Crippen molar-refractivity contribution >= 4 is 17.3 Å². The lowest BCUT2D eigenvalue weighted by molar-refractivity contribution is 0.102. The number of hydrogen-bond acceptors (Lipinski definition) is 3. The number of halogens is 1. The Morgan fingerprint density at radius 1 is 1.08 bits per heavy atom. The number of amides is 1. The van der Waals surface area contributed by atoms with Gasteiger partial charge in [0.05, 0.1) is 11.8 Å². The third-order valence-electron chi connectivity index (χ3n) is 4.39. The van der Waals surface area contributed by atoms with Crippen LogP contribution in [0.25, 0.3) is 0 Å². The molecule has 1 fully saturated rings. The third kappa shape index (κ3) is 4.54. The summed E-state index contributed by atoms with van der Waals surface area (Å²) in [5.74, 6) is 0.144. The highest BCUT2D eigenvalue weighted by atomic mass is 19.1. The van der Waals surface area contributed by atoms with Crippen LogP contribution in [-0.4, -0.2) is 25.1 Å². The maximum absolute atomic E-state index is 14.5. The van der Waals surface area contributed by atoms with Crippen LogP contribution in [0.4, 0.5) is 15.8 Å². The highest BCUT2D eigenvalue weighted by molar-refractivity contribution is 6.04. The van der Waals surface area contributed by atoms with Gasteiger partial charge in [-0.05, 0) is 75.6 Å². The van der Waals surface area contributed by atoms with Crippen LogP contribution in [0.15, 0.2) is 42.5 Å². The Morgan fingerprint density at radius 2 is 1.77 bits per heavy atom. The topological polar surface area (TPSA) is 41.6 Å². The maximum atomic E-state index is 14.5. The number of anilines is 2. The second kappa shape index (κ2) is 8.21. The lowest BCUT2D eigenvalue weighted by atomic mass is 10.1. The quantitative estimate of drug-likeness (QED) is 0.832. The minimum absolute atomic E-state index is 0.0797. The highest BCUT2D eigenvalue weighted by Crippen LogP contribution is 2.26. The summed E-state index contributed by atoms with van der Waals surface area (Å²) in [6, 6.07) is 11.8. The molecule has 0 aliphatic carbocycles. The van der Waals surface area contributed by atoms with E-state index in [1.807, 2.05) is 13.8 Å². The molecule has 1 saturated heterocycles. The Bertz CT molecular complexity index is 753. The number of nitrogens with one attached hydrogen (secondary N) is 1. The number of rotatable bonds is 5. The van der Waals surface area contributed by atoms with Gasteiger partial charge in [0.15, 0.2) is 0 Å². The number of hydrogen-bond donors (Lipinski definition) is 1. The molecule has 2 aromatic carbocycles. The van der Waals surface area contributed by atoms with E-state index in [1.165, 1.54) is 12.5 Å². The number of carbonyl (C=O) groups excluding carboxylic acids is 1. The van der Waals surface area contributed by atoms with Gasteiger partial charge in [0, 0.05) is 24.3 Å². The number of ether oxygens (including phenoxy) is 1. The average molecular weight is 356 g/mol. The molecule has 0 aromatic heterocycles. The molecule has 0 spiro atoms. The molecule has 1 heterocycles. The smallest absolute Gasteiger partial charge is 0.255 e. The minimum Gasteiger partial charge on any atom is -0.491 e. The van der Waals surface area contributed by atoms with Gasteiger partial charge in [-0.3, -0.25) is 4.79 Å². The fourth-order valence-corrected chi connectivity index (χ4v) is 3.14. The van der Waals surface area contributed by atoms with E-state index in [4.69, 9.17) is 4.74 Å². The maximum Gasteiger partial charge on any atom is 0.255 e. The zero-order valence-corrected chi connectivity index (χ0v) is 15.3. The van der Waals surface area contributed by atoms with Crippen molar-refractivity contribution < 1.29 is 13.9 Å². The van der Waals surface area contributed by atoms with Gasteiger partial charge in [-0.15, -0.1) is 0 Å². The van der Waals surface area contributed by atoms with Crippen LogP contribution in [0.5, 0.6) is 5.75 Å². The Hall–Kier alpha value is -2.56. The number of carbonyl (C=O) groups is 1. The Kier molecular flexibility index (Phi) is 5.76. The van der Waals surface area contributed by atoms with Gasteiger partial charge in [0.2, 0.25) is 0 Å². The second-order valence-electron chi connectivity index (χ2n) is 6.86. The molecule has 26 heavy (non-hydrogen) atoms. The molecule has 1 aliphatic rings. The summed E-state index contributed by atoms with van der Waals surface area (Å²) in [6.45, 7) is 5.66. The summed E-state index contributed by atoms with van der Waals surface area (Å²) in [5, 5.41) is 2.75. The summed E-state index contributed by atoms with van der Waals surface area (Å²) in [6.07, 6.45) is 3.46. The molecule has 4 nitrogen and oxygen atoms in total. The average Bonchev–Trinajstić information content (AvgIpc) is 2.62. The van der Waals surface area contributed by atoms with Crippen molar-refractivity contribution in [3.05, 3.63) is 53.8 Å². The van der Waals surface area contributed by atoms with Crippen LogP contribution in [0.2, 0.25) is 0 Å². The van der Waals surface area contributed by atoms with Gasteiger partial charge in [-0.2, -0.15) is 0 Å². The lowest BCUT2D eigenvalue weighted by Crippen LogP contribution is -2.30. The molecule has 3 rings (SSSR count). The van der Waals surface area contributed by atoms with Crippen LogP contribution in [-0.2, 0) is 0 Å². The zero-order chi connectivity index (χ0) is 18.5. The first-order valence-electron chi connectivity index (χ1n) is 9.15. The summed E-state index contributed by atoms with van der Waals surface area (Å²) in [5.41, 5.74) is 1.57. The fraction of sp³-hybridized carbons (Fsp3) is 0.381. The Balaban J connectivity index is 1.66. The van der Waals surface area contributed by atoms with E-state index in [-0.39, 0.29) is 17.8 Å². The summed E-state index contributed by atoms with van der Waals surface area (Å²) >= 11 is 0. The van der Waals surface area contributed by atoms with Gasteiger partial charge in [-0.25, -0.2) is 4.39 Å². The molecule has 0 unspecified atom stereocenters. The van der Waals surface area contributed by atoms with Crippen molar-refractivity contribution in [3.8, 4) is 5.75 Å². The first kappa shape index (κ1) is 18.2. The number of nitrogens with zero attached hydrogens (tertiary/aromatic N) is 1. The molecular weight excluding hydrogens is 331 g/mol. The molecule has 1 aliphatic heterocycles. The van der Waals surface area contributed by atoms with Crippen molar-refractivity contribution in [1.82, 2.24) is 0 Å². The van der Waals surface area contributed by atoms with E-state index >= 15 is 0 Å². The molecule has 0 atom stereocenters. The van der Waals surface area contributed by atoms with E-state index in [2.05, 4.69) is 10.2 Å². The first-order chi connectivity index (χ1) is 12.5. The van der Waals surface area contributed by atoms with Crippen LogP contribution < -0.4 is 15.0 Å². The molecule has 0 bridgehead atoms. The summed E-state index contributed by atoms with van der Waals surface area (Å²) < 4.78 is 20.0.